The highest BCUT2D eigenvalue weighted by molar-refractivity contribution is 7.99. The fourth-order valence-corrected chi connectivity index (χ4v) is 4.21. The summed E-state index contributed by atoms with van der Waals surface area (Å²) in [6.07, 6.45) is 0. The minimum Gasteiger partial charge on any atom is -0.342 e. The van der Waals surface area contributed by atoms with Crippen LogP contribution in [0.2, 0.25) is 0 Å². The van der Waals surface area contributed by atoms with Crippen LogP contribution in [0.3, 0.4) is 0 Å². The molecule has 0 aliphatic rings. The van der Waals surface area contributed by atoms with Crippen molar-refractivity contribution < 1.29 is 9.59 Å². The number of carbonyl (C=O) groups is 2. The van der Waals surface area contributed by atoms with E-state index in [0.717, 1.165) is 11.3 Å². The molecule has 1 heterocycles. The second-order valence-corrected chi connectivity index (χ2v) is 9.48. The Kier molecular flexibility index (Phi) is 8.27. The number of carbonyl (C=O) groups excluding carboxylic acids is 2. The van der Waals surface area contributed by atoms with Gasteiger partial charge in [-0.05, 0) is 35.6 Å². The number of benzene rings is 2. The number of hydrogen-bond donors (Lipinski definition) is 2. The van der Waals surface area contributed by atoms with Crippen molar-refractivity contribution in [1.82, 2.24) is 20.1 Å². The van der Waals surface area contributed by atoms with Crippen molar-refractivity contribution in [2.75, 3.05) is 11.1 Å². The molecule has 3 aromatic rings. The third kappa shape index (κ3) is 6.22. The van der Waals surface area contributed by atoms with E-state index in [1.165, 1.54) is 11.8 Å². The largest absolute Gasteiger partial charge is 0.342 e. The molecule has 174 valence electrons. The van der Waals surface area contributed by atoms with E-state index in [9.17, 15) is 9.59 Å². The maximum absolute atomic E-state index is 12.7. The molecule has 8 heteroatoms. The van der Waals surface area contributed by atoms with Crippen LogP contribution >= 0.6 is 11.8 Å². The lowest BCUT2D eigenvalue weighted by Crippen LogP contribution is -2.33. The Bertz CT molecular complexity index is 1100. The molecule has 1 aromatic heterocycles. The molecular weight excluding hydrogens is 434 g/mol. The minimum atomic E-state index is -0.309. The van der Waals surface area contributed by atoms with Crippen LogP contribution in [-0.2, 0) is 11.8 Å². The molecule has 0 unspecified atom stereocenters. The van der Waals surface area contributed by atoms with Crippen LogP contribution < -0.4 is 10.6 Å². The maximum Gasteiger partial charge on any atom is 0.251 e. The predicted molar refractivity (Wildman–Crippen MR) is 132 cm³/mol. The Morgan fingerprint density at radius 3 is 2.30 bits per heavy atom. The van der Waals surface area contributed by atoms with E-state index < -0.39 is 0 Å². The third-order valence-corrected chi connectivity index (χ3v) is 6.35. The van der Waals surface area contributed by atoms with Crippen LogP contribution in [0.1, 0.15) is 61.4 Å². The first-order valence-electron chi connectivity index (χ1n) is 11.0. The Balaban J connectivity index is 1.67. The summed E-state index contributed by atoms with van der Waals surface area (Å²) in [6, 6.07) is 16.6. The first kappa shape index (κ1) is 24.5. The number of nitrogens with one attached hydrogen (secondary N) is 2. The Labute approximate surface area is 199 Å². The zero-order chi connectivity index (χ0) is 24.0. The van der Waals surface area contributed by atoms with E-state index in [2.05, 4.69) is 34.7 Å². The summed E-state index contributed by atoms with van der Waals surface area (Å²) in [5.74, 6) is 1.03. The molecule has 0 radical (unpaired) electrons. The molecule has 0 aliphatic heterocycles. The van der Waals surface area contributed by atoms with Crippen LogP contribution in [0.5, 0.6) is 0 Å². The van der Waals surface area contributed by atoms with Gasteiger partial charge in [0.25, 0.3) is 5.91 Å². The van der Waals surface area contributed by atoms with E-state index in [1.54, 1.807) is 12.1 Å². The second-order valence-electron chi connectivity index (χ2n) is 8.54. The highest BCUT2D eigenvalue weighted by Crippen LogP contribution is 2.26. The molecule has 0 bridgehead atoms. The van der Waals surface area contributed by atoms with Crippen LogP contribution in [0.25, 0.3) is 0 Å². The van der Waals surface area contributed by atoms with E-state index >= 15 is 0 Å². The van der Waals surface area contributed by atoms with Crippen molar-refractivity contribution in [3.05, 3.63) is 71.5 Å². The molecule has 3 rings (SSSR count). The van der Waals surface area contributed by atoms with Gasteiger partial charge in [-0.3, -0.25) is 9.59 Å². The fraction of sp³-hybridized carbons (Fsp3) is 0.360. The lowest BCUT2D eigenvalue weighted by Gasteiger charge is -2.21. The number of amides is 2. The van der Waals surface area contributed by atoms with E-state index in [1.807, 2.05) is 67.9 Å². The topological polar surface area (TPSA) is 88.9 Å². The lowest BCUT2D eigenvalue weighted by atomic mass is 10.0. The Morgan fingerprint density at radius 1 is 0.970 bits per heavy atom. The molecular formula is C25H31N5O2S. The normalized spacial score (nSPS) is 12.1. The summed E-state index contributed by atoms with van der Waals surface area (Å²) in [6.45, 7) is 8.25. The zero-order valence-electron chi connectivity index (χ0n) is 19.7. The van der Waals surface area contributed by atoms with Crippen LogP contribution in [-0.4, -0.2) is 32.3 Å². The van der Waals surface area contributed by atoms with Gasteiger partial charge in [-0.1, -0.05) is 75.9 Å². The van der Waals surface area contributed by atoms with Gasteiger partial charge in [0.15, 0.2) is 11.0 Å². The quantitative estimate of drug-likeness (QED) is 0.443. The van der Waals surface area contributed by atoms with Crippen LogP contribution in [0.4, 0.5) is 5.69 Å². The fourth-order valence-electron chi connectivity index (χ4n) is 3.50. The van der Waals surface area contributed by atoms with Crippen LogP contribution in [0.15, 0.2) is 59.8 Å². The number of rotatable bonds is 9. The van der Waals surface area contributed by atoms with E-state index in [0.29, 0.717) is 22.5 Å². The first-order chi connectivity index (χ1) is 15.8. The number of anilines is 1. The average Bonchev–Trinajstić information content (AvgIpc) is 3.16. The minimum absolute atomic E-state index is 0.101. The number of aromatic nitrogens is 3. The third-order valence-electron chi connectivity index (χ3n) is 5.33. The van der Waals surface area contributed by atoms with Gasteiger partial charge in [0.1, 0.15) is 0 Å². The molecule has 2 N–H and O–H groups in total. The molecule has 0 saturated heterocycles. The van der Waals surface area contributed by atoms with Gasteiger partial charge in [0.2, 0.25) is 5.91 Å². The van der Waals surface area contributed by atoms with Gasteiger partial charge >= 0.3 is 0 Å². The number of thioether (sulfide) groups is 1. The molecule has 2 aromatic carbocycles. The maximum atomic E-state index is 12.7. The van der Waals surface area contributed by atoms with Gasteiger partial charge in [0.05, 0.1) is 11.8 Å². The van der Waals surface area contributed by atoms with Crippen molar-refractivity contribution in [1.29, 1.82) is 0 Å². The number of nitrogens with zero attached hydrogens (tertiary/aromatic N) is 3. The summed E-state index contributed by atoms with van der Waals surface area (Å²) >= 11 is 1.32. The van der Waals surface area contributed by atoms with Gasteiger partial charge < -0.3 is 15.2 Å². The summed E-state index contributed by atoms with van der Waals surface area (Å²) in [5, 5.41) is 15.3. The molecule has 33 heavy (non-hydrogen) atoms. The Morgan fingerprint density at radius 2 is 1.64 bits per heavy atom. The molecule has 7 nitrogen and oxygen atoms in total. The highest BCUT2D eigenvalue weighted by atomic mass is 32.2. The SMILES string of the molecule is CC(C)c1ccccc1NC(=O)CSc1nnc([C@@H](NC(=O)c2ccccc2)C(C)C)n1C. The van der Waals surface area contributed by atoms with Crippen molar-refractivity contribution in [2.45, 2.75) is 44.8 Å². The molecule has 0 aliphatic carbocycles. The number of para-hydroxylation sites is 1. The summed E-state index contributed by atoms with van der Waals surface area (Å²) in [4.78, 5) is 25.3. The molecule has 1 atom stereocenters. The standard InChI is InChI=1S/C25H31N5O2S/c1-16(2)19-13-9-10-14-20(19)26-21(31)15-33-25-29-28-23(30(25)5)22(17(3)4)27-24(32)18-11-7-6-8-12-18/h6-14,16-17,22H,15H2,1-5H3,(H,26,31)(H,27,32)/t22-/m0/s1. The van der Waals surface area contributed by atoms with Gasteiger partial charge in [0, 0.05) is 18.3 Å². The molecule has 2 amide bonds. The Hall–Kier alpha value is -3.13. The van der Waals surface area contributed by atoms with Crippen molar-refractivity contribution in [3.63, 3.8) is 0 Å². The van der Waals surface area contributed by atoms with Crippen molar-refractivity contribution in [3.8, 4) is 0 Å². The van der Waals surface area contributed by atoms with Crippen molar-refractivity contribution in [2.24, 2.45) is 13.0 Å². The van der Waals surface area contributed by atoms with E-state index in [4.69, 9.17) is 0 Å². The van der Waals surface area contributed by atoms with Crippen molar-refractivity contribution >= 4 is 29.3 Å². The van der Waals surface area contributed by atoms with E-state index in [-0.39, 0.29) is 29.5 Å². The number of hydrogen-bond acceptors (Lipinski definition) is 5. The summed E-state index contributed by atoms with van der Waals surface area (Å²) in [7, 11) is 1.85. The van der Waals surface area contributed by atoms with Gasteiger partial charge in [-0.25, -0.2) is 0 Å². The average molecular weight is 466 g/mol. The first-order valence-corrected chi connectivity index (χ1v) is 12.0. The zero-order valence-corrected chi connectivity index (χ0v) is 20.5. The smallest absolute Gasteiger partial charge is 0.251 e. The highest BCUT2D eigenvalue weighted by Gasteiger charge is 2.25. The monoisotopic (exact) mass is 465 g/mol. The predicted octanol–water partition coefficient (Wildman–Crippen LogP) is 4.80. The lowest BCUT2D eigenvalue weighted by molar-refractivity contribution is -0.113. The molecule has 0 saturated carbocycles. The summed E-state index contributed by atoms with van der Waals surface area (Å²) < 4.78 is 1.84. The molecule has 0 spiro atoms. The van der Waals surface area contributed by atoms with Gasteiger partial charge in [-0.15, -0.1) is 10.2 Å². The van der Waals surface area contributed by atoms with Gasteiger partial charge in [-0.2, -0.15) is 0 Å². The second kappa shape index (κ2) is 11.1. The summed E-state index contributed by atoms with van der Waals surface area (Å²) in [5.41, 5.74) is 2.53. The molecule has 0 fully saturated rings. The van der Waals surface area contributed by atoms with Crippen LogP contribution in [0, 0.1) is 5.92 Å².